The van der Waals surface area contributed by atoms with Gasteiger partial charge in [0.1, 0.15) is 0 Å². The topological polar surface area (TPSA) is 55.1 Å². The number of carboxylic acid groups (broad SMARTS) is 1. The first-order valence-corrected chi connectivity index (χ1v) is 7.00. The molecule has 3 atom stereocenters. The zero-order chi connectivity index (χ0) is 14.2. The third kappa shape index (κ3) is 2.99. The lowest BCUT2D eigenvalue weighted by atomic mass is 9.64. The first kappa shape index (κ1) is 14.1. The summed E-state index contributed by atoms with van der Waals surface area (Å²) >= 11 is 0. The van der Waals surface area contributed by atoms with Crippen LogP contribution < -0.4 is 0 Å². The summed E-state index contributed by atoms with van der Waals surface area (Å²) in [4.78, 5) is 11.5. The standard InChI is InChI=1S/C15H24N2O2/c1-15(2,3)11-5-6-12(14(18)19)13(7-11)10-8-16-17(4)9-10/h8-9,11-13H,5-7H2,1-4H3,(H,18,19). The van der Waals surface area contributed by atoms with Crippen LogP contribution in [0.25, 0.3) is 0 Å². The Morgan fingerprint density at radius 2 is 2.11 bits per heavy atom. The highest BCUT2D eigenvalue weighted by Crippen LogP contribution is 2.46. The predicted octanol–water partition coefficient (Wildman–Crippen LogP) is 3.05. The monoisotopic (exact) mass is 264 g/mol. The summed E-state index contributed by atoms with van der Waals surface area (Å²) in [6, 6.07) is 0. The van der Waals surface area contributed by atoms with Crippen LogP contribution in [0.4, 0.5) is 0 Å². The fourth-order valence-corrected chi connectivity index (χ4v) is 3.25. The van der Waals surface area contributed by atoms with Crippen LogP contribution in [0.5, 0.6) is 0 Å². The maximum absolute atomic E-state index is 11.5. The maximum atomic E-state index is 11.5. The van der Waals surface area contributed by atoms with Gasteiger partial charge < -0.3 is 5.11 Å². The number of aliphatic carboxylic acids is 1. The molecule has 0 aromatic carbocycles. The van der Waals surface area contributed by atoms with Gasteiger partial charge in [0.05, 0.1) is 12.1 Å². The van der Waals surface area contributed by atoms with Gasteiger partial charge in [-0.3, -0.25) is 9.48 Å². The van der Waals surface area contributed by atoms with Crippen molar-refractivity contribution >= 4 is 5.97 Å². The molecule has 1 N–H and O–H groups in total. The van der Waals surface area contributed by atoms with Gasteiger partial charge in [-0.1, -0.05) is 20.8 Å². The Hall–Kier alpha value is -1.32. The average molecular weight is 264 g/mol. The van der Waals surface area contributed by atoms with Crippen LogP contribution >= 0.6 is 0 Å². The van der Waals surface area contributed by atoms with E-state index >= 15 is 0 Å². The third-order valence-corrected chi connectivity index (χ3v) is 4.55. The molecule has 0 saturated heterocycles. The van der Waals surface area contributed by atoms with Crippen LogP contribution in [0.15, 0.2) is 12.4 Å². The highest BCUT2D eigenvalue weighted by molar-refractivity contribution is 5.71. The van der Waals surface area contributed by atoms with Crippen molar-refractivity contribution in [3.05, 3.63) is 18.0 Å². The van der Waals surface area contributed by atoms with Gasteiger partial charge >= 0.3 is 5.97 Å². The SMILES string of the molecule is Cn1cc(C2CC(C(C)(C)C)CCC2C(=O)O)cn1. The Labute approximate surface area is 114 Å². The molecule has 1 saturated carbocycles. The minimum absolute atomic E-state index is 0.101. The summed E-state index contributed by atoms with van der Waals surface area (Å²) in [6.07, 6.45) is 6.53. The molecule has 106 valence electrons. The van der Waals surface area contributed by atoms with Crippen LogP contribution in [-0.4, -0.2) is 20.9 Å². The highest BCUT2D eigenvalue weighted by Gasteiger charge is 2.40. The van der Waals surface area contributed by atoms with Crippen LogP contribution in [0.1, 0.15) is 51.5 Å². The number of hydrogen-bond donors (Lipinski definition) is 1. The minimum atomic E-state index is -0.666. The number of hydrogen-bond acceptors (Lipinski definition) is 2. The predicted molar refractivity (Wildman–Crippen MR) is 73.9 cm³/mol. The smallest absolute Gasteiger partial charge is 0.307 e. The summed E-state index contributed by atoms with van der Waals surface area (Å²) in [6.45, 7) is 6.75. The van der Waals surface area contributed by atoms with Crippen LogP contribution in [0.2, 0.25) is 0 Å². The molecule has 1 aromatic heterocycles. The molecule has 19 heavy (non-hydrogen) atoms. The van der Waals surface area contributed by atoms with E-state index in [1.54, 1.807) is 4.68 Å². The van der Waals surface area contributed by atoms with Crippen molar-refractivity contribution in [2.24, 2.45) is 24.3 Å². The van der Waals surface area contributed by atoms with Gasteiger partial charge in [0.25, 0.3) is 0 Å². The summed E-state index contributed by atoms with van der Waals surface area (Å²) < 4.78 is 1.76. The van der Waals surface area contributed by atoms with E-state index in [1.807, 2.05) is 19.4 Å². The molecule has 0 radical (unpaired) electrons. The Bertz CT molecular complexity index is 459. The lowest BCUT2D eigenvalue weighted by Crippen LogP contribution is -2.34. The molecule has 0 amide bonds. The molecule has 1 aromatic rings. The molecule has 1 aliphatic rings. The largest absolute Gasteiger partial charge is 0.481 e. The fraction of sp³-hybridized carbons (Fsp3) is 0.733. The number of aromatic nitrogens is 2. The van der Waals surface area contributed by atoms with Crippen molar-refractivity contribution in [1.82, 2.24) is 9.78 Å². The molecule has 1 heterocycles. The summed E-state index contributed by atoms with van der Waals surface area (Å²) in [5, 5.41) is 13.6. The first-order chi connectivity index (χ1) is 8.79. The number of carboxylic acids is 1. The molecule has 4 nitrogen and oxygen atoms in total. The Morgan fingerprint density at radius 1 is 1.42 bits per heavy atom. The number of rotatable bonds is 2. The fourth-order valence-electron chi connectivity index (χ4n) is 3.25. The second kappa shape index (κ2) is 4.99. The molecule has 4 heteroatoms. The molecule has 0 aliphatic heterocycles. The zero-order valence-electron chi connectivity index (χ0n) is 12.3. The van der Waals surface area contributed by atoms with E-state index in [4.69, 9.17) is 0 Å². The van der Waals surface area contributed by atoms with E-state index in [0.717, 1.165) is 24.8 Å². The summed E-state index contributed by atoms with van der Waals surface area (Å²) in [7, 11) is 1.88. The van der Waals surface area contributed by atoms with Gasteiger partial charge in [-0.2, -0.15) is 5.10 Å². The van der Waals surface area contributed by atoms with E-state index in [9.17, 15) is 9.90 Å². The van der Waals surface area contributed by atoms with Crippen molar-refractivity contribution in [3.63, 3.8) is 0 Å². The van der Waals surface area contributed by atoms with Gasteiger partial charge in [-0.15, -0.1) is 0 Å². The Kier molecular flexibility index (Phi) is 3.70. The zero-order valence-corrected chi connectivity index (χ0v) is 12.3. The minimum Gasteiger partial charge on any atom is -0.481 e. The number of aryl methyl sites for hydroxylation is 1. The van der Waals surface area contributed by atoms with Crippen molar-refractivity contribution in [1.29, 1.82) is 0 Å². The average Bonchev–Trinajstić information content (AvgIpc) is 2.73. The molecule has 3 unspecified atom stereocenters. The van der Waals surface area contributed by atoms with Crippen LogP contribution in [0, 0.1) is 17.3 Å². The number of carbonyl (C=O) groups is 1. The third-order valence-electron chi connectivity index (χ3n) is 4.55. The highest BCUT2D eigenvalue weighted by atomic mass is 16.4. The lowest BCUT2D eigenvalue weighted by molar-refractivity contribution is -0.144. The van der Waals surface area contributed by atoms with E-state index in [-0.39, 0.29) is 17.3 Å². The second-order valence-electron chi connectivity index (χ2n) is 6.87. The van der Waals surface area contributed by atoms with Crippen molar-refractivity contribution in [3.8, 4) is 0 Å². The molecule has 0 bridgehead atoms. The van der Waals surface area contributed by atoms with E-state index in [2.05, 4.69) is 25.9 Å². The summed E-state index contributed by atoms with van der Waals surface area (Å²) in [5.41, 5.74) is 1.31. The Balaban J connectivity index is 2.25. The van der Waals surface area contributed by atoms with Crippen molar-refractivity contribution < 1.29 is 9.90 Å². The molecule has 1 aliphatic carbocycles. The quantitative estimate of drug-likeness (QED) is 0.893. The van der Waals surface area contributed by atoms with Crippen LogP contribution in [0.3, 0.4) is 0 Å². The molecule has 0 spiro atoms. The summed E-state index contributed by atoms with van der Waals surface area (Å²) in [5.74, 6) is -0.249. The van der Waals surface area contributed by atoms with Gasteiger partial charge in [0.15, 0.2) is 0 Å². The maximum Gasteiger partial charge on any atom is 0.307 e. The van der Waals surface area contributed by atoms with Crippen molar-refractivity contribution in [2.75, 3.05) is 0 Å². The van der Waals surface area contributed by atoms with E-state index in [0.29, 0.717) is 5.92 Å². The first-order valence-electron chi connectivity index (χ1n) is 7.00. The second-order valence-corrected chi connectivity index (χ2v) is 6.87. The van der Waals surface area contributed by atoms with Crippen molar-refractivity contribution in [2.45, 2.75) is 46.0 Å². The van der Waals surface area contributed by atoms with Crippen LogP contribution in [-0.2, 0) is 11.8 Å². The van der Waals surface area contributed by atoms with Gasteiger partial charge in [-0.25, -0.2) is 0 Å². The molecular weight excluding hydrogens is 240 g/mol. The van der Waals surface area contributed by atoms with Gasteiger partial charge in [-0.05, 0) is 36.2 Å². The lowest BCUT2D eigenvalue weighted by Gasteiger charge is -2.40. The molecule has 2 rings (SSSR count). The van der Waals surface area contributed by atoms with Gasteiger partial charge in [0.2, 0.25) is 0 Å². The van der Waals surface area contributed by atoms with Gasteiger partial charge in [0, 0.05) is 19.2 Å². The Morgan fingerprint density at radius 3 is 2.58 bits per heavy atom. The molecular formula is C15H24N2O2. The molecule has 1 fully saturated rings. The number of nitrogens with zero attached hydrogens (tertiary/aromatic N) is 2. The van der Waals surface area contributed by atoms with E-state index in [1.165, 1.54) is 0 Å². The normalized spacial score (nSPS) is 28.3. The van der Waals surface area contributed by atoms with E-state index < -0.39 is 5.97 Å².